The molecule has 1 saturated carbocycles. The zero-order valence-electron chi connectivity index (χ0n) is 16.8. The Hall–Kier alpha value is -2.86. The second-order valence-electron chi connectivity index (χ2n) is 7.92. The molecule has 2 aliphatic carbocycles. The van der Waals surface area contributed by atoms with Crippen LogP contribution in [0.1, 0.15) is 36.9 Å². The van der Waals surface area contributed by atoms with Gasteiger partial charge in [-0.25, -0.2) is 4.79 Å². The van der Waals surface area contributed by atoms with Gasteiger partial charge in [-0.05, 0) is 41.6 Å². The molecule has 2 aromatic carbocycles. The molecule has 2 aliphatic rings. The fourth-order valence-electron chi connectivity index (χ4n) is 4.62. The lowest BCUT2D eigenvalue weighted by atomic mass is 9.85. The van der Waals surface area contributed by atoms with Crippen molar-refractivity contribution in [2.75, 3.05) is 20.1 Å². The van der Waals surface area contributed by atoms with Gasteiger partial charge >= 0.3 is 12.0 Å². The van der Waals surface area contributed by atoms with E-state index in [-0.39, 0.29) is 30.7 Å². The van der Waals surface area contributed by atoms with Crippen LogP contribution in [0.15, 0.2) is 48.5 Å². The molecule has 0 radical (unpaired) electrons. The number of urea groups is 1. The maximum atomic E-state index is 13.0. The van der Waals surface area contributed by atoms with Gasteiger partial charge < -0.3 is 15.3 Å². The summed E-state index contributed by atoms with van der Waals surface area (Å²) in [6.45, 7) is 2.72. The van der Waals surface area contributed by atoms with Gasteiger partial charge in [0.05, 0.1) is 12.6 Å². The Labute approximate surface area is 171 Å². The van der Waals surface area contributed by atoms with Gasteiger partial charge in [0, 0.05) is 19.1 Å². The van der Waals surface area contributed by atoms with E-state index < -0.39 is 5.97 Å². The highest BCUT2D eigenvalue weighted by atomic mass is 16.4. The fraction of sp³-hybridized carbons (Fsp3) is 0.391. The zero-order chi connectivity index (χ0) is 20.5. The van der Waals surface area contributed by atoms with Crippen LogP contribution in [0.3, 0.4) is 0 Å². The number of fused-ring (bicyclic) bond motifs is 3. The number of hydrogen-bond acceptors (Lipinski definition) is 3. The van der Waals surface area contributed by atoms with Gasteiger partial charge in [0.1, 0.15) is 0 Å². The highest BCUT2D eigenvalue weighted by Crippen LogP contribution is 2.45. The summed E-state index contributed by atoms with van der Waals surface area (Å²) in [7, 11) is 1.85. The number of carboxylic acid groups (broad SMARTS) is 1. The first-order valence-electron chi connectivity index (χ1n) is 10.2. The number of carbonyl (C=O) groups is 2. The number of benzene rings is 2. The van der Waals surface area contributed by atoms with E-state index >= 15 is 0 Å². The molecule has 0 unspecified atom stereocenters. The Morgan fingerprint density at radius 3 is 2.10 bits per heavy atom. The number of aliphatic carboxylic acids is 1. The second-order valence-corrected chi connectivity index (χ2v) is 7.92. The van der Waals surface area contributed by atoms with Crippen molar-refractivity contribution in [1.29, 1.82) is 0 Å². The number of nitrogens with zero attached hydrogens (tertiary/aromatic N) is 2. The molecule has 0 spiro atoms. The molecule has 0 aliphatic heterocycles. The maximum absolute atomic E-state index is 13.0. The van der Waals surface area contributed by atoms with Gasteiger partial charge in [-0.3, -0.25) is 9.69 Å². The summed E-state index contributed by atoms with van der Waals surface area (Å²) < 4.78 is 0. The first-order valence-corrected chi connectivity index (χ1v) is 10.2. The molecule has 2 amide bonds. The van der Waals surface area contributed by atoms with E-state index in [1.165, 1.54) is 11.1 Å². The maximum Gasteiger partial charge on any atom is 0.318 e. The van der Waals surface area contributed by atoms with Crippen LogP contribution < -0.4 is 5.32 Å². The molecule has 1 fully saturated rings. The van der Waals surface area contributed by atoms with Crippen LogP contribution in [0.4, 0.5) is 4.79 Å². The number of likely N-dealkylation sites (N-methyl/N-ethyl adjacent to an activating group) is 1. The lowest BCUT2D eigenvalue weighted by Crippen LogP contribution is -2.56. The first kappa shape index (κ1) is 19.5. The van der Waals surface area contributed by atoms with E-state index in [2.05, 4.69) is 29.6 Å². The molecule has 6 nitrogen and oxygen atoms in total. The third kappa shape index (κ3) is 3.60. The molecule has 0 bridgehead atoms. The zero-order valence-corrected chi connectivity index (χ0v) is 16.8. The van der Waals surface area contributed by atoms with Gasteiger partial charge in [0.2, 0.25) is 0 Å². The molecular formula is C23H27N3O3. The molecule has 29 heavy (non-hydrogen) atoms. The number of hydrogen-bond donors (Lipinski definition) is 2. The molecule has 0 saturated heterocycles. The minimum atomic E-state index is -0.808. The molecule has 0 heterocycles. The van der Waals surface area contributed by atoms with Crippen LogP contribution >= 0.6 is 0 Å². The predicted octanol–water partition coefficient (Wildman–Crippen LogP) is 3.34. The van der Waals surface area contributed by atoms with Crippen LogP contribution in [0.5, 0.6) is 0 Å². The van der Waals surface area contributed by atoms with E-state index in [9.17, 15) is 9.59 Å². The third-order valence-corrected chi connectivity index (χ3v) is 6.21. The van der Waals surface area contributed by atoms with Crippen molar-refractivity contribution in [2.45, 2.75) is 37.9 Å². The number of nitrogens with one attached hydrogen (secondary N) is 1. The molecule has 2 N–H and O–H groups in total. The summed E-state index contributed by atoms with van der Waals surface area (Å²) in [6, 6.07) is 16.6. The van der Waals surface area contributed by atoms with E-state index in [1.807, 2.05) is 43.1 Å². The minimum Gasteiger partial charge on any atom is -0.480 e. The van der Waals surface area contributed by atoms with Gasteiger partial charge in [0.15, 0.2) is 0 Å². The SMILES string of the molecule is CCN(CC(=O)O)C1CC(NC(=O)N(C)C2c3ccccc3-c3ccccc32)C1. The molecule has 152 valence electrons. The Kier molecular flexibility index (Phi) is 5.28. The van der Waals surface area contributed by atoms with Crippen LogP contribution in [0, 0.1) is 0 Å². The van der Waals surface area contributed by atoms with E-state index in [0.29, 0.717) is 6.54 Å². The molecule has 6 heteroatoms. The summed E-state index contributed by atoms with van der Waals surface area (Å²) in [6.07, 6.45) is 1.58. The normalized spacial score (nSPS) is 20.0. The smallest absolute Gasteiger partial charge is 0.318 e. The van der Waals surface area contributed by atoms with Crippen LogP contribution in [-0.2, 0) is 4.79 Å². The topological polar surface area (TPSA) is 72.9 Å². The molecule has 0 atom stereocenters. The van der Waals surface area contributed by atoms with E-state index in [1.54, 1.807) is 4.90 Å². The average Bonchev–Trinajstić information content (AvgIpc) is 3.02. The Bertz CT molecular complexity index is 878. The van der Waals surface area contributed by atoms with Crippen molar-refractivity contribution >= 4 is 12.0 Å². The lowest BCUT2D eigenvalue weighted by molar-refractivity contribution is -0.139. The van der Waals surface area contributed by atoms with Gasteiger partial charge in [0.25, 0.3) is 0 Å². The Balaban J connectivity index is 1.43. The largest absolute Gasteiger partial charge is 0.480 e. The van der Waals surface area contributed by atoms with E-state index in [4.69, 9.17) is 5.11 Å². The summed E-state index contributed by atoms with van der Waals surface area (Å²) in [5, 5.41) is 12.2. The summed E-state index contributed by atoms with van der Waals surface area (Å²) in [4.78, 5) is 27.7. The number of carbonyl (C=O) groups excluding carboxylic acids is 1. The number of amides is 2. The summed E-state index contributed by atoms with van der Waals surface area (Å²) in [5.41, 5.74) is 4.67. The Morgan fingerprint density at radius 2 is 1.59 bits per heavy atom. The van der Waals surface area contributed by atoms with Crippen molar-refractivity contribution in [1.82, 2.24) is 15.1 Å². The third-order valence-electron chi connectivity index (χ3n) is 6.21. The molecule has 2 aromatic rings. The van der Waals surface area contributed by atoms with Crippen molar-refractivity contribution in [3.05, 3.63) is 59.7 Å². The number of rotatable bonds is 6. The summed E-state index contributed by atoms with van der Waals surface area (Å²) in [5.74, 6) is -0.808. The van der Waals surface area contributed by atoms with Gasteiger partial charge in [-0.1, -0.05) is 55.5 Å². The monoisotopic (exact) mass is 393 g/mol. The molecular weight excluding hydrogens is 366 g/mol. The predicted molar refractivity (Wildman–Crippen MR) is 112 cm³/mol. The lowest BCUT2D eigenvalue weighted by Gasteiger charge is -2.43. The fourth-order valence-corrected chi connectivity index (χ4v) is 4.62. The van der Waals surface area contributed by atoms with Crippen molar-refractivity contribution in [3.63, 3.8) is 0 Å². The van der Waals surface area contributed by atoms with Crippen molar-refractivity contribution < 1.29 is 14.7 Å². The van der Waals surface area contributed by atoms with Gasteiger partial charge in [-0.15, -0.1) is 0 Å². The van der Waals surface area contributed by atoms with Crippen LogP contribution in [-0.4, -0.2) is 59.1 Å². The highest BCUT2D eigenvalue weighted by Gasteiger charge is 2.37. The van der Waals surface area contributed by atoms with Crippen molar-refractivity contribution in [3.8, 4) is 11.1 Å². The summed E-state index contributed by atoms with van der Waals surface area (Å²) >= 11 is 0. The van der Waals surface area contributed by atoms with Gasteiger partial charge in [-0.2, -0.15) is 0 Å². The second kappa shape index (κ2) is 7.87. The first-order chi connectivity index (χ1) is 14.0. The quantitative estimate of drug-likeness (QED) is 0.790. The van der Waals surface area contributed by atoms with E-state index in [0.717, 1.165) is 24.0 Å². The molecule has 0 aromatic heterocycles. The highest BCUT2D eigenvalue weighted by molar-refractivity contribution is 5.82. The average molecular weight is 393 g/mol. The van der Waals surface area contributed by atoms with Crippen LogP contribution in [0.2, 0.25) is 0 Å². The van der Waals surface area contributed by atoms with Crippen LogP contribution in [0.25, 0.3) is 11.1 Å². The Morgan fingerprint density at radius 1 is 1.03 bits per heavy atom. The standard InChI is InChI=1S/C23H27N3O3/c1-3-26(14-21(27)28)16-12-15(13-16)24-23(29)25(2)22-19-10-6-4-8-17(19)18-9-5-7-11-20(18)22/h4-11,15-16,22H,3,12-14H2,1-2H3,(H,24,29)(H,27,28). The molecule has 4 rings (SSSR count). The minimum absolute atomic E-state index is 0.0530. The van der Waals surface area contributed by atoms with Crippen molar-refractivity contribution in [2.24, 2.45) is 0 Å². The number of carboxylic acids is 1.